The van der Waals surface area contributed by atoms with Gasteiger partial charge in [-0.3, -0.25) is 14.4 Å². The van der Waals surface area contributed by atoms with Crippen molar-refractivity contribution in [2.45, 2.75) is 64.0 Å². The number of benzene rings is 1. The number of ketones is 1. The molecule has 1 saturated heterocycles. The van der Waals surface area contributed by atoms with Crippen LogP contribution in [-0.2, 0) is 23.9 Å². The molecule has 0 aromatic heterocycles. The molecule has 3 rings (SSSR count). The van der Waals surface area contributed by atoms with Gasteiger partial charge in [0.05, 0.1) is 19.4 Å². The first-order chi connectivity index (χ1) is 17.6. The molecular formula is C25H31F3N2O7. The Morgan fingerprint density at radius 3 is 2.46 bits per heavy atom. The van der Waals surface area contributed by atoms with Crippen molar-refractivity contribution in [2.75, 3.05) is 26.8 Å². The number of likely N-dealkylation sites (tertiary alicyclic amines) is 1. The molecule has 12 heteroatoms. The molecule has 2 atom stereocenters. The van der Waals surface area contributed by atoms with Gasteiger partial charge in [-0.2, -0.15) is 4.39 Å². The number of amides is 2. The van der Waals surface area contributed by atoms with Gasteiger partial charge < -0.3 is 24.4 Å². The van der Waals surface area contributed by atoms with E-state index in [2.05, 4.69) is 10.1 Å². The molecule has 2 amide bonds. The number of methoxy groups -OCH3 is 1. The second-order valence-electron chi connectivity index (χ2n) is 9.28. The molecule has 2 aliphatic rings. The molecule has 204 valence electrons. The number of rotatable bonds is 9. The van der Waals surface area contributed by atoms with E-state index in [1.807, 2.05) is 0 Å². The Balaban J connectivity index is 1.63. The SMILES string of the molecule is COC(=O)C[C@H](NC(=O)[C@@H]1CCCN(C(=O)OC2CCCC2)C1)C(=O)COc1c(C)c(F)cc(F)c1F. The zero-order valence-corrected chi connectivity index (χ0v) is 20.8. The van der Waals surface area contributed by atoms with Crippen molar-refractivity contribution in [3.8, 4) is 5.75 Å². The zero-order valence-electron chi connectivity index (χ0n) is 20.8. The molecule has 0 bridgehead atoms. The van der Waals surface area contributed by atoms with Crippen LogP contribution in [0.25, 0.3) is 0 Å². The summed E-state index contributed by atoms with van der Waals surface area (Å²) in [7, 11) is 1.10. The Kier molecular flexibility index (Phi) is 9.76. The van der Waals surface area contributed by atoms with E-state index in [0.717, 1.165) is 39.7 Å². The average molecular weight is 529 g/mol. The van der Waals surface area contributed by atoms with E-state index in [-0.39, 0.29) is 18.2 Å². The van der Waals surface area contributed by atoms with Crippen molar-refractivity contribution in [1.29, 1.82) is 0 Å². The molecule has 9 nitrogen and oxygen atoms in total. The lowest BCUT2D eigenvalue weighted by Gasteiger charge is -2.32. The highest BCUT2D eigenvalue weighted by atomic mass is 19.2. The van der Waals surface area contributed by atoms with Crippen LogP contribution in [0.4, 0.5) is 18.0 Å². The summed E-state index contributed by atoms with van der Waals surface area (Å²) in [6, 6.07) is -1.04. The van der Waals surface area contributed by atoms with Gasteiger partial charge >= 0.3 is 12.1 Å². The van der Waals surface area contributed by atoms with Crippen LogP contribution < -0.4 is 10.1 Å². The van der Waals surface area contributed by atoms with Crippen LogP contribution in [0.2, 0.25) is 0 Å². The van der Waals surface area contributed by atoms with Crippen LogP contribution >= 0.6 is 0 Å². The Hall–Kier alpha value is -3.31. The van der Waals surface area contributed by atoms with Gasteiger partial charge in [0, 0.05) is 24.7 Å². The Labute approximate surface area is 212 Å². The number of halogens is 3. The molecule has 1 aliphatic heterocycles. The van der Waals surface area contributed by atoms with Gasteiger partial charge in [0.1, 0.15) is 24.6 Å². The minimum Gasteiger partial charge on any atom is -0.482 e. The lowest BCUT2D eigenvalue weighted by molar-refractivity contribution is -0.143. The summed E-state index contributed by atoms with van der Waals surface area (Å²) in [4.78, 5) is 51.6. The Morgan fingerprint density at radius 2 is 1.78 bits per heavy atom. The normalized spacial score (nSPS) is 18.7. The standard InChI is InChI=1S/C25H31F3N2O7/c1-14-17(26)10-18(27)22(28)23(14)36-13-20(31)19(11-21(32)35-2)29-24(33)15-6-5-9-30(12-15)25(34)37-16-7-3-4-8-16/h10,15-16,19H,3-9,11-13H2,1-2H3,(H,29,33)/t15-,19+/m1/s1. The number of nitrogens with one attached hydrogen (secondary N) is 1. The average Bonchev–Trinajstić information content (AvgIpc) is 3.39. The maximum atomic E-state index is 14.1. The largest absolute Gasteiger partial charge is 0.482 e. The fourth-order valence-corrected chi connectivity index (χ4v) is 4.45. The Morgan fingerprint density at radius 1 is 1.08 bits per heavy atom. The van der Waals surface area contributed by atoms with E-state index in [4.69, 9.17) is 9.47 Å². The zero-order chi connectivity index (χ0) is 27.1. The summed E-state index contributed by atoms with van der Waals surface area (Å²) in [6.45, 7) is 0.799. The fourth-order valence-electron chi connectivity index (χ4n) is 4.45. The third kappa shape index (κ3) is 7.36. The minimum absolute atomic E-state index is 0.0833. The number of piperidine rings is 1. The summed E-state index contributed by atoms with van der Waals surface area (Å²) >= 11 is 0. The minimum atomic E-state index is -1.49. The van der Waals surface area contributed by atoms with E-state index in [0.29, 0.717) is 25.5 Å². The molecule has 1 N–H and O–H groups in total. The van der Waals surface area contributed by atoms with E-state index in [1.54, 1.807) is 0 Å². The highest BCUT2D eigenvalue weighted by Gasteiger charge is 2.34. The number of carbonyl (C=O) groups excluding carboxylic acids is 4. The second-order valence-corrected chi connectivity index (χ2v) is 9.28. The maximum Gasteiger partial charge on any atom is 0.410 e. The van der Waals surface area contributed by atoms with Gasteiger partial charge in [-0.25, -0.2) is 13.6 Å². The van der Waals surface area contributed by atoms with Crippen LogP contribution in [0, 0.1) is 30.3 Å². The summed E-state index contributed by atoms with van der Waals surface area (Å²) in [5.74, 6) is -7.66. The molecule has 0 unspecified atom stereocenters. The summed E-state index contributed by atoms with van der Waals surface area (Å²) in [6.07, 6.45) is 3.48. The summed E-state index contributed by atoms with van der Waals surface area (Å²) in [5.41, 5.74) is -0.341. The van der Waals surface area contributed by atoms with Gasteiger partial charge in [0.25, 0.3) is 0 Å². The van der Waals surface area contributed by atoms with E-state index >= 15 is 0 Å². The van der Waals surface area contributed by atoms with E-state index in [1.165, 1.54) is 4.90 Å². The molecule has 1 aliphatic carbocycles. The second kappa shape index (κ2) is 12.8. The van der Waals surface area contributed by atoms with Crippen LogP contribution in [0.3, 0.4) is 0 Å². The number of Topliss-reactive ketones (excluding diaryl/α,β-unsaturated/α-hetero) is 1. The number of hydrogen-bond acceptors (Lipinski definition) is 7. The lowest BCUT2D eigenvalue weighted by atomic mass is 9.96. The van der Waals surface area contributed by atoms with Crippen molar-refractivity contribution in [3.63, 3.8) is 0 Å². The van der Waals surface area contributed by atoms with Crippen molar-refractivity contribution >= 4 is 23.8 Å². The molecule has 2 fully saturated rings. The predicted molar refractivity (Wildman–Crippen MR) is 123 cm³/mol. The van der Waals surface area contributed by atoms with Gasteiger partial charge in [-0.05, 0) is 45.4 Å². The smallest absolute Gasteiger partial charge is 0.410 e. The predicted octanol–water partition coefficient (Wildman–Crippen LogP) is 3.20. The quantitative estimate of drug-likeness (QED) is 0.387. The van der Waals surface area contributed by atoms with Crippen molar-refractivity contribution in [2.24, 2.45) is 5.92 Å². The molecular weight excluding hydrogens is 497 g/mol. The number of carbonyl (C=O) groups is 4. The molecule has 37 heavy (non-hydrogen) atoms. The fraction of sp³-hybridized carbons (Fsp3) is 0.600. The highest BCUT2D eigenvalue weighted by Crippen LogP contribution is 2.27. The van der Waals surface area contributed by atoms with Gasteiger partial charge in [-0.1, -0.05) is 0 Å². The Bertz CT molecular complexity index is 1000. The van der Waals surface area contributed by atoms with Crippen LogP contribution in [0.1, 0.15) is 50.5 Å². The first kappa shape index (κ1) is 28.3. The number of ether oxygens (including phenoxy) is 3. The highest BCUT2D eigenvalue weighted by molar-refractivity contribution is 5.93. The number of esters is 1. The third-order valence-electron chi connectivity index (χ3n) is 6.64. The third-order valence-corrected chi connectivity index (χ3v) is 6.64. The molecule has 1 aromatic rings. The lowest BCUT2D eigenvalue weighted by Crippen LogP contribution is -2.51. The van der Waals surface area contributed by atoms with Crippen LogP contribution in [-0.4, -0.2) is 67.6 Å². The first-order valence-electron chi connectivity index (χ1n) is 12.2. The number of hydrogen-bond donors (Lipinski definition) is 1. The van der Waals surface area contributed by atoms with Crippen molar-refractivity contribution in [3.05, 3.63) is 29.1 Å². The van der Waals surface area contributed by atoms with Crippen LogP contribution in [0.15, 0.2) is 6.07 Å². The van der Waals surface area contributed by atoms with Gasteiger partial charge in [0.15, 0.2) is 17.3 Å². The van der Waals surface area contributed by atoms with E-state index in [9.17, 15) is 32.3 Å². The molecule has 1 saturated carbocycles. The molecule has 1 heterocycles. The first-order valence-corrected chi connectivity index (χ1v) is 12.2. The summed E-state index contributed by atoms with van der Waals surface area (Å²) < 4.78 is 56.6. The van der Waals surface area contributed by atoms with Gasteiger partial charge in [-0.15, -0.1) is 0 Å². The van der Waals surface area contributed by atoms with Crippen molar-refractivity contribution < 1.29 is 46.6 Å². The molecule has 0 radical (unpaired) electrons. The van der Waals surface area contributed by atoms with Gasteiger partial charge in [0.2, 0.25) is 11.7 Å². The maximum absolute atomic E-state index is 14.1. The molecule has 0 spiro atoms. The summed E-state index contributed by atoms with van der Waals surface area (Å²) in [5, 5.41) is 2.48. The van der Waals surface area contributed by atoms with Crippen molar-refractivity contribution in [1.82, 2.24) is 10.2 Å². The van der Waals surface area contributed by atoms with Crippen LogP contribution in [0.5, 0.6) is 5.75 Å². The molecule has 1 aromatic carbocycles. The number of nitrogens with zero attached hydrogens (tertiary/aromatic N) is 1. The van der Waals surface area contributed by atoms with E-state index < -0.39 is 71.9 Å². The topological polar surface area (TPSA) is 111 Å². The monoisotopic (exact) mass is 528 g/mol.